The number of non-ortho nitro benzene ring substituents is 1. The number of nitrogens with one attached hydrogen (secondary N) is 1. The van der Waals surface area contributed by atoms with E-state index in [1.165, 1.54) is 12.1 Å². The molecule has 0 unspecified atom stereocenters. The van der Waals surface area contributed by atoms with Gasteiger partial charge in [-0.25, -0.2) is 0 Å². The molecule has 0 bridgehead atoms. The number of benzene rings is 1. The quantitative estimate of drug-likeness (QED) is 0.437. The van der Waals surface area contributed by atoms with Crippen LogP contribution in [-0.2, 0) is 0 Å². The normalized spacial score (nSPS) is 10.2. The van der Waals surface area contributed by atoms with Crippen molar-refractivity contribution in [2.24, 2.45) is 0 Å². The number of nitrogens with zero attached hydrogens (tertiary/aromatic N) is 1. The van der Waals surface area contributed by atoms with Crippen LogP contribution in [0.3, 0.4) is 0 Å². The molecule has 0 aliphatic rings. The molecule has 94 valence electrons. The van der Waals surface area contributed by atoms with E-state index in [0.29, 0.717) is 12.4 Å². The fourth-order valence-electron chi connectivity index (χ4n) is 1.20. The summed E-state index contributed by atoms with van der Waals surface area (Å²) in [7, 11) is 0. The molecule has 0 saturated heterocycles. The van der Waals surface area contributed by atoms with Gasteiger partial charge in [0.25, 0.3) is 5.69 Å². The molecule has 1 aromatic rings. The molecule has 0 saturated carbocycles. The van der Waals surface area contributed by atoms with Gasteiger partial charge in [0, 0.05) is 31.0 Å². The zero-order valence-electron chi connectivity index (χ0n) is 9.72. The van der Waals surface area contributed by atoms with Crippen LogP contribution in [0.2, 0.25) is 0 Å². The van der Waals surface area contributed by atoms with Crippen molar-refractivity contribution in [1.82, 2.24) is 5.32 Å². The Morgan fingerprint density at radius 3 is 2.65 bits per heavy atom. The van der Waals surface area contributed by atoms with Crippen LogP contribution in [0.1, 0.15) is 0 Å². The summed E-state index contributed by atoms with van der Waals surface area (Å²) < 4.78 is 5.43. The Hall–Kier alpha value is -1.27. The van der Waals surface area contributed by atoms with Crippen molar-refractivity contribution >= 4 is 17.4 Å². The van der Waals surface area contributed by atoms with E-state index in [4.69, 9.17) is 4.74 Å². The highest BCUT2D eigenvalue weighted by molar-refractivity contribution is 7.98. The van der Waals surface area contributed by atoms with Gasteiger partial charge in [0.1, 0.15) is 12.4 Å². The van der Waals surface area contributed by atoms with E-state index in [-0.39, 0.29) is 5.69 Å². The first kappa shape index (κ1) is 13.8. The topological polar surface area (TPSA) is 64.4 Å². The first-order valence-corrected chi connectivity index (χ1v) is 6.70. The predicted molar refractivity (Wildman–Crippen MR) is 69.8 cm³/mol. The second-order valence-electron chi connectivity index (χ2n) is 3.34. The van der Waals surface area contributed by atoms with Gasteiger partial charge in [0.05, 0.1) is 4.92 Å². The number of hydrogen-bond acceptors (Lipinski definition) is 5. The van der Waals surface area contributed by atoms with Gasteiger partial charge in [-0.2, -0.15) is 11.8 Å². The van der Waals surface area contributed by atoms with Crippen molar-refractivity contribution in [2.75, 3.05) is 31.7 Å². The van der Waals surface area contributed by atoms with Gasteiger partial charge in [-0.15, -0.1) is 0 Å². The van der Waals surface area contributed by atoms with Crippen LogP contribution in [0.25, 0.3) is 0 Å². The summed E-state index contributed by atoms with van der Waals surface area (Å²) in [6, 6.07) is 6.10. The van der Waals surface area contributed by atoms with Crippen molar-refractivity contribution in [3.63, 3.8) is 0 Å². The van der Waals surface area contributed by atoms with E-state index in [2.05, 4.69) is 11.6 Å². The Morgan fingerprint density at radius 1 is 1.35 bits per heavy atom. The van der Waals surface area contributed by atoms with E-state index in [1.807, 2.05) is 0 Å². The Kier molecular flexibility index (Phi) is 6.42. The molecular formula is C11H16N2O3S. The monoisotopic (exact) mass is 256 g/mol. The zero-order chi connectivity index (χ0) is 12.5. The maximum Gasteiger partial charge on any atom is 0.269 e. The molecule has 5 nitrogen and oxygen atoms in total. The highest BCUT2D eigenvalue weighted by atomic mass is 32.2. The second kappa shape index (κ2) is 7.92. The van der Waals surface area contributed by atoms with E-state index >= 15 is 0 Å². The SMILES string of the molecule is CSCCNCCOc1ccc([N+](=O)[O-])cc1. The van der Waals surface area contributed by atoms with Crippen molar-refractivity contribution in [2.45, 2.75) is 0 Å². The third kappa shape index (κ3) is 5.55. The molecule has 0 fully saturated rings. The second-order valence-corrected chi connectivity index (χ2v) is 4.33. The Labute approximate surface area is 105 Å². The molecule has 0 radical (unpaired) electrons. The fourth-order valence-corrected chi connectivity index (χ4v) is 1.55. The molecule has 1 rings (SSSR count). The minimum atomic E-state index is -0.423. The average Bonchev–Trinajstić information content (AvgIpc) is 2.34. The number of thioether (sulfide) groups is 1. The van der Waals surface area contributed by atoms with Crippen molar-refractivity contribution in [3.05, 3.63) is 34.4 Å². The van der Waals surface area contributed by atoms with Gasteiger partial charge in [-0.1, -0.05) is 0 Å². The van der Waals surface area contributed by atoms with Gasteiger partial charge < -0.3 is 10.1 Å². The summed E-state index contributed by atoms with van der Waals surface area (Å²) in [5, 5.41) is 13.7. The van der Waals surface area contributed by atoms with Crippen molar-refractivity contribution < 1.29 is 9.66 Å². The Balaban J connectivity index is 2.21. The summed E-state index contributed by atoms with van der Waals surface area (Å²) in [4.78, 5) is 10.0. The first-order chi connectivity index (χ1) is 8.24. The number of nitro benzene ring substituents is 1. The summed E-state index contributed by atoms with van der Waals surface area (Å²) in [6.45, 7) is 2.30. The summed E-state index contributed by atoms with van der Waals surface area (Å²) >= 11 is 1.79. The number of hydrogen-bond donors (Lipinski definition) is 1. The predicted octanol–water partition coefficient (Wildman–Crippen LogP) is 1.93. The third-order valence-electron chi connectivity index (χ3n) is 2.08. The van der Waals surface area contributed by atoms with Gasteiger partial charge >= 0.3 is 0 Å². The molecule has 6 heteroatoms. The van der Waals surface area contributed by atoms with Crippen molar-refractivity contribution in [3.8, 4) is 5.75 Å². The molecule has 0 aliphatic carbocycles. The average molecular weight is 256 g/mol. The summed E-state index contributed by atoms with van der Waals surface area (Å²) in [6.07, 6.45) is 2.06. The zero-order valence-corrected chi connectivity index (χ0v) is 10.5. The Morgan fingerprint density at radius 2 is 2.06 bits per heavy atom. The molecule has 0 atom stereocenters. The Bertz CT molecular complexity index is 343. The molecule has 1 N–H and O–H groups in total. The fraction of sp³-hybridized carbons (Fsp3) is 0.455. The van der Waals surface area contributed by atoms with Crippen LogP contribution in [0, 0.1) is 10.1 Å². The summed E-state index contributed by atoms with van der Waals surface area (Å²) in [5.74, 6) is 1.74. The molecule has 0 aromatic heterocycles. The highest BCUT2D eigenvalue weighted by Crippen LogP contribution is 2.16. The summed E-state index contributed by atoms with van der Waals surface area (Å²) in [5.41, 5.74) is 0.0791. The molecule has 0 aliphatic heterocycles. The lowest BCUT2D eigenvalue weighted by Gasteiger charge is -2.06. The van der Waals surface area contributed by atoms with E-state index in [1.54, 1.807) is 23.9 Å². The molecule has 1 aromatic carbocycles. The van der Waals surface area contributed by atoms with E-state index in [0.717, 1.165) is 18.8 Å². The van der Waals surface area contributed by atoms with Gasteiger partial charge in [-0.05, 0) is 18.4 Å². The standard InChI is InChI=1S/C11H16N2O3S/c1-17-9-7-12-6-8-16-11-4-2-10(3-5-11)13(14)15/h2-5,12H,6-9H2,1H3. The van der Waals surface area contributed by atoms with Crippen LogP contribution in [0.5, 0.6) is 5.75 Å². The lowest BCUT2D eigenvalue weighted by atomic mass is 10.3. The first-order valence-electron chi connectivity index (χ1n) is 5.31. The third-order valence-corrected chi connectivity index (χ3v) is 2.69. The smallest absolute Gasteiger partial charge is 0.269 e. The number of nitro groups is 1. The molecule has 17 heavy (non-hydrogen) atoms. The van der Waals surface area contributed by atoms with Gasteiger partial charge in [0.2, 0.25) is 0 Å². The van der Waals surface area contributed by atoms with E-state index in [9.17, 15) is 10.1 Å². The lowest BCUT2D eigenvalue weighted by Crippen LogP contribution is -2.23. The lowest BCUT2D eigenvalue weighted by molar-refractivity contribution is -0.384. The highest BCUT2D eigenvalue weighted by Gasteiger charge is 2.03. The van der Waals surface area contributed by atoms with E-state index < -0.39 is 4.92 Å². The molecule has 0 spiro atoms. The minimum absolute atomic E-state index is 0.0791. The number of ether oxygens (including phenoxy) is 1. The largest absolute Gasteiger partial charge is 0.492 e. The minimum Gasteiger partial charge on any atom is -0.492 e. The maximum absolute atomic E-state index is 10.4. The van der Waals surface area contributed by atoms with Crippen LogP contribution < -0.4 is 10.1 Å². The van der Waals surface area contributed by atoms with Gasteiger partial charge in [-0.3, -0.25) is 10.1 Å². The van der Waals surface area contributed by atoms with Gasteiger partial charge in [0.15, 0.2) is 0 Å². The molecule has 0 amide bonds. The maximum atomic E-state index is 10.4. The molecular weight excluding hydrogens is 240 g/mol. The van der Waals surface area contributed by atoms with Crippen molar-refractivity contribution in [1.29, 1.82) is 0 Å². The van der Waals surface area contributed by atoms with Crippen LogP contribution >= 0.6 is 11.8 Å². The van der Waals surface area contributed by atoms with Crippen LogP contribution in [0.4, 0.5) is 5.69 Å². The number of rotatable bonds is 8. The van der Waals surface area contributed by atoms with Crippen LogP contribution in [-0.4, -0.2) is 36.6 Å². The molecule has 0 heterocycles. The van der Waals surface area contributed by atoms with Crippen LogP contribution in [0.15, 0.2) is 24.3 Å².